The molecule has 0 atom stereocenters. The lowest BCUT2D eigenvalue weighted by Gasteiger charge is -2.07. The van der Waals surface area contributed by atoms with Gasteiger partial charge in [0.05, 0.1) is 6.54 Å². The van der Waals surface area contributed by atoms with Gasteiger partial charge in [0.15, 0.2) is 0 Å². The van der Waals surface area contributed by atoms with Crippen molar-refractivity contribution >= 4 is 6.03 Å². The zero-order chi connectivity index (χ0) is 13.9. The third kappa shape index (κ3) is 6.49. The molecule has 19 heavy (non-hydrogen) atoms. The minimum Gasteiger partial charge on any atom is -0.338 e. The van der Waals surface area contributed by atoms with Crippen LogP contribution in [0.5, 0.6) is 0 Å². The van der Waals surface area contributed by atoms with E-state index < -0.39 is 0 Å². The summed E-state index contributed by atoms with van der Waals surface area (Å²) in [6, 6.07) is 7.63. The monoisotopic (exact) mass is 259 g/mol. The van der Waals surface area contributed by atoms with E-state index in [0.29, 0.717) is 13.1 Å². The second-order valence-electron chi connectivity index (χ2n) is 4.17. The summed E-state index contributed by atoms with van der Waals surface area (Å²) in [4.78, 5) is 11.4. The van der Waals surface area contributed by atoms with Gasteiger partial charge in [-0.1, -0.05) is 37.3 Å². The van der Waals surface area contributed by atoms with Crippen LogP contribution in [0.4, 0.5) is 4.79 Å². The van der Waals surface area contributed by atoms with Gasteiger partial charge in [0.2, 0.25) is 0 Å². The number of amides is 2. The second-order valence-corrected chi connectivity index (χ2v) is 4.17. The smallest absolute Gasteiger partial charge is 0.315 e. The van der Waals surface area contributed by atoms with E-state index in [1.807, 2.05) is 24.3 Å². The van der Waals surface area contributed by atoms with Gasteiger partial charge in [-0.2, -0.15) is 0 Å². The molecule has 0 aromatic heterocycles. The Kier molecular flexibility index (Phi) is 7.14. The minimum atomic E-state index is -0.125. The van der Waals surface area contributed by atoms with Crippen molar-refractivity contribution in [2.24, 2.45) is 5.73 Å². The van der Waals surface area contributed by atoms with Gasteiger partial charge in [-0.15, -0.1) is 0 Å². The van der Waals surface area contributed by atoms with Crippen LogP contribution in [0.1, 0.15) is 30.9 Å². The van der Waals surface area contributed by atoms with Gasteiger partial charge in [-0.05, 0) is 24.1 Å². The quantitative estimate of drug-likeness (QED) is 0.555. The fraction of sp³-hybridized carbons (Fsp3) is 0.400. The van der Waals surface area contributed by atoms with Crippen molar-refractivity contribution in [1.29, 1.82) is 0 Å². The Bertz CT molecular complexity index is 443. The molecular weight excluding hydrogens is 238 g/mol. The van der Waals surface area contributed by atoms with E-state index in [2.05, 4.69) is 29.4 Å². The molecule has 0 bridgehead atoms. The number of rotatable bonds is 5. The first kappa shape index (κ1) is 15.1. The minimum absolute atomic E-state index is 0.125. The molecule has 4 nitrogen and oxygen atoms in total. The van der Waals surface area contributed by atoms with Crippen LogP contribution >= 0.6 is 0 Å². The molecule has 0 aliphatic heterocycles. The Morgan fingerprint density at radius 1 is 1.26 bits per heavy atom. The highest BCUT2D eigenvalue weighted by atomic mass is 16.2. The van der Waals surface area contributed by atoms with E-state index in [9.17, 15) is 4.79 Å². The lowest BCUT2D eigenvalue weighted by atomic mass is 10.1. The molecule has 0 aliphatic carbocycles. The maximum Gasteiger partial charge on any atom is 0.315 e. The highest BCUT2D eigenvalue weighted by Crippen LogP contribution is 2.02. The number of carbonyl (C=O) groups excluding carboxylic acids is 1. The number of benzene rings is 1. The van der Waals surface area contributed by atoms with Crippen LogP contribution in [0.3, 0.4) is 0 Å². The van der Waals surface area contributed by atoms with Gasteiger partial charge < -0.3 is 16.4 Å². The van der Waals surface area contributed by atoms with Crippen LogP contribution in [0.15, 0.2) is 24.3 Å². The van der Waals surface area contributed by atoms with Crippen LogP contribution < -0.4 is 16.4 Å². The molecule has 0 saturated heterocycles. The standard InChI is InChI=1S/C15H21N3O/c1-2-3-11-17-15(19)18-12-14-8-6-13(7-9-14)5-4-10-16/h6-9H,2-3,10-12,16H2,1H3,(H2,17,18,19). The first-order valence-electron chi connectivity index (χ1n) is 6.56. The maximum absolute atomic E-state index is 11.4. The summed E-state index contributed by atoms with van der Waals surface area (Å²) >= 11 is 0. The van der Waals surface area contributed by atoms with Gasteiger partial charge in [0.1, 0.15) is 0 Å². The molecule has 1 aromatic carbocycles. The fourth-order valence-corrected chi connectivity index (χ4v) is 1.48. The fourth-order valence-electron chi connectivity index (χ4n) is 1.48. The van der Waals surface area contributed by atoms with Crippen molar-refractivity contribution in [3.05, 3.63) is 35.4 Å². The van der Waals surface area contributed by atoms with Gasteiger partial charge in [0, 0.05) is 18.7 Å². The Labute approximate surface area is 114 Å². The van der Waals surface area contributed by atoms with Crippen LogP contribution in [0.2, 0.25) is 0 Å². The van der Waals surface area contributed by atoms with E-state index in [-0.39, 0.29) is 6.03 Å². The molecule has 0 heterocycles. The van der Waals surface area contributed by atoms with Crippen LogP contribution in [-0.2, 0) is 6.54 Å². The second kappa shape index (κ2) is 9.01. The molecule has 1 aromatic rings. The Morgan fingerprint density at radius 3 is 2.63 bits per heavy atom. The Balaban J connectivity index is 2.35. The molecule has 0 radical (unpaired) electrons. The van der Waals surface area contributed by atoms with Crippen molar-refractivity contribution < 1.29 is 4.79 Å². The summed E-state index contributed by atoms with van der Waals surface area (Å²) in [6.07, 6.45) is 2.08. The van der Waals surface area contributed by atoms with Crippen LogP contribution in [0.25, 0.3) is 0 Å². The first-order valence-corrected chi connectivity index (χ1v) is 6.56. The topological polar surface area (TPSA) is 67.2 Å². The molecule has 2 amide bonds. The lowest BCUT2D eigenvalue weighted by molar-refractivity contribution is 0.240. The molecule has 0 saturated carbocycles. The number of urea groups is 1. The van der Waals surface area contributed by atoms with Crippen molar-refractivity contribution in [3.8, 4) is 11.8 Å². The van der Waals surface area contributed by atoms with Crippen molar-refractivity contribution in [1.82, 2.24) is 10.6 Å². The third-order valence-corrected chi connectivity index (χ3v) is 2.56. The summed E-state index contributed by atoms with van der Waals surface area (Å²) in [6.45, 7) is 3.69. The average molecular weight is 259 g/mol. The van der Waals surface area contributed by atoms with E-state index in [4.69, 9.17) is 5.73 Å². The molecule has 0 aliphatic rings. The molecule has 102 valence electrons. The zero-order valence-electron chi connectivity index (χ0n) is 11.3. The third-order valence-electron chi connectivity index (χ3n) is 2.56. The zero-order valence-corrected chi connectivity index (χ0v) is 11.3. The molecule has 0 spiro atoms. The number of unbranched alkanes of at least 4 members (excludes halogenated alkanes) is 1. The first-order chi connectivity index (χ1) is 9.26. The predicted octanol–water partition coefficient (Wildman–Crippen LogP) is 1.60. The normalized spacial score (nSPS) is 9.37. The number of nitrogens with two attached hydrogens (primary N) is 1. The largest absolute Gasteiger partial charge is 0.338 e. The number of nitrogens with one attached hydrogen (secondary N) is 2. The SMILES string of the molecule is CCCCNC(=O)NCc1ccc(C#CCN)cc1. The summed E-state index contributed by atoms with van der Waals surface area (Å²) in [5, 5.41) is 5.62. The van der Waals surface area contributed by atoms with Crippen molar-refractivity contribution in [2.75, 3.05) is 13.1 Å². The molecular formula is C15H21N3O. The predicted molar refractivity (Wildman–Crippen MR) is 77.5 cm³/mol. The number of hydrogen-bond donors (Lipinski definition) is 3. The van der Waals surface area contributed by atoms with Crippen molar-refractivity contribution in [2.45, 2.75) is 26.3 Å². The summed E-state index contributed by atoms with van der Waals surface area (Å²) in [5.74, 6) is 5.76. The Hall–Kier alpha value is -1.99. The molecule has 0 unspecified atom stereocenters. The van der Waals surface area contributed by atoms with Gasteiger partial charge in [-0.3, -0.25) is 0 Å². The molecule has 4 N–H and O–H groups in total. The lowest BCUT2D eigenvalue weighted by Crippen LogP contribution is -2.35. The van der Waals surface area contributed by atoms with Crippen molar-refractivity contribution in [3.63, 3.8) is 0 Å². The van der Waals surface area contributed by atoms with E-state index in [1.165, 1.54) is 0 Å². The Morgan fingerprint density at radius 2 is 2.00 bits per heavy atom. The number of hydrogen-bond acceptors (Lipinski definition) is 2. The molecule has 0 fully saturated rings. The highest BCUT2D eigenvalue weighted by molar-refractivity contribution is 5.73. The van der Waals surface area contributed by atoms with E-state index in [1.54, 1.807) is 0 Å². The number of carbonyl (C=O) groups is 1. The summed E-state index contributed by atoms with van der Waals surface area (Å²) in [5.41, 5.74) is 7.29. The average Bonchev–Trinajstić information content (AvgIpc) is 2.44. The van der Waals surface area contributed by atoms with E-state index in [0.717, 1.165) is 30.5 Å². The van der Waals surface area contributed by atoms with Crippen LogP contribution in [0, 0.1) is 11.8 Å². The maximum atomic E-state index is 11.4. The van der Waals surface area contributed by atoms with E-state index >= 15 is 0 Å². The summed E-state index contributed by atoms with van der Waals surface area (Å²) in [7, 11) is 0. The van der Waals surface area contributed by atoms with Gasteiger partial charge in [-0.25, -0.2) is 4.79 Å². The molecule has 1 rings (SSSR count). The summed E-state index contributed by atoms with van der Waals surface area (Å²) < 4.78 is 0. The molecule has 4 heteroatoms. The van der Waals surface area contributed by atoms with Crippen LogP contribution in [-0.4, -0.2) is 19.1 Å². The highest BCUT2D eigenvalue weighted by Gasteiger charge is 1.99. The van der Waals surface area contributed by atoms with Gasteiger partial charge in [0.25, 0.3) is 0 Å². The van der Waals surface area contributed by atoms with Gasteiger partial charge >= 0.3 is 6.03 Å².